The van der Waals surface area contributed by atoms with E-state index in [1.165, 1.54) is 0 Å². The van der Waals surface area contributed by atoms with Crippen molar-refractivity contribution in [2.45, 2.75) is 6.92 Å². The molecule has 0 saturated heterocycles. The van der Waals surface area contributed by atoms with Crippen molar-refractivity contribution < 1.29 is 9.53 Å². The first kappa shape index (κ1) is 16.6. The average Bonchev–Trinajstić information content (AvgIpc) is 2.64. The van der Waals surface area contributed by atoms with Gasteiger partial charge in [-0.3, -0.25) is 4.79 Å². The molecular formula is C21H20N2O2. The molecule has 3 aromatic carbocycles. The molecule has 0 radical (unpaired) electrons. The van der Waals surface area contributed by atoms with E-state index >= 15 is 0 Å². The van der Waals surface area contributed by atoms with Crippen molar-refractivity contribution in [2.24, 2.45) is 0 Å². The van der Waals surface area contributed by atoms with Crippen LogP contribution >= 0.6 is 0 Å². The molecule has 0 unspecified atom stereocenters. The molecule has 0 amide bonds. The summed E-state index contributed by atoms with van der Waals surface area (Å²) in [6.45, 7) is 1.86. The fraction of sp³-hybridized carbons (Fsp3) is 0.0952. The molecule has 0 aromatic heterocycles. The highest BCUT2D eigenvalue weighted by molar-refractivity contribution is 6.14. The summed E-state index contributed by atoms with van der Waals surface area (Å²) in [5.74, 6) is 0.553. The fourth-order valence-electron chi connectivity index (χ4n) is 2.83. The van der Waals surface area contributed by atoms with Crippen LogP contribution in [-0.4, -0.2) is 12.9 Å². The summed E-state index contributed by atoms with van der Waals surface area (Å²) in [5, 5.41) is 0. The Morgan fingerprint density at radius 1 is 0.960 bits per heavy atom. The van der Waals surface area contributed by atoms with Gasteiger partial charge in [0.15, 0.2) is 5.78 Å². The van der Waals surface area contributed by atoms with Gasteiger partial charge >= 0.3 is 0 Å². The van der Waals surface area contributed by atoms with Crippen molar-refractivity contribution in [1.82, 2.24) is 0 Å². The normalized spacial score (nSPS) is 10.5. The van der Waals surface area contributed by atoms with Crippen LogP contribution in [0, 0.1) is 6.92 Å². The second-order valence-electron chi connectivity index (χ2n) is 5.89. The van der Waals surface area contributed by atoms with Crippen molar-refractivity contribution >= 4 is 17.2 Å². The van der Waals surface area contributed by atoms with E-state index < -0.39 is 0 Å². The zero-order valence-electron chi connectivity index (χ0n) is 14.2. The van der Waals surface area contributed by atoms with E-state index in [4.69, 9.17) is 16.2 Å². The first-order chi connectivity index (χ1) is 12.0. The van der Waals surface area contributed by atoms with Gasteiger partial charge in [-0.05, 0) is 53.9 Å². The molecule has 0 atom stereocenters. The van der Waals surface area contributed by atoms with E-state index in [-0.39, 0.29) is 5.78 Å². The highest BCUT2D eigenvalue weighted by Crippen LogP contribution is 2.32. The van der Waals surface area contributed by atoms with Gasteiger partial charge in [-0.2, -0.15) is 0 Å². The predicted octanol–water partition coefficient (Wildman–Crippen LogP) is 4.07. The summed E-state index contributed by atoms with van der Waals surface area (Å²) >= 11 is 0. The van der Waals surface area contributed by atoms with Gasteiger partial charge < -0.3 is 16.2 Å². The minimum atomic E-state index is -0.0875. The predicted molar refractivity (Wildman–Crippen MR) is 102 cm³/mol. The van der Waals surface area contributed by atoms with Gasteiger partial charge in [0.2, 0.25) is 0 Å². The number of carbonyl (C=O) groups is 1. The highest BCUT2D eigenvalue weighted by Gasteiger charge is 2.19. The summed E-state index contributed by atoms with van der Waals surface area (Å²) < 4.78 is 5.23. The summed E-state index contributed by atoms with van der Waals surface area (Å²) in [7, 11) is 1.58. The maximum Gasteiger partial charge on any atom is 0.194 e. The van der Waals surface area contributed by atoms with Crippen LogP contribution in [-0.2, 0) is 0 Å². The Kier molecular flexibility index (Phi) is 4.44. The van der Waals surface area contributed by atoms with E-state index in [0.717, 1.165) is 16.7 Å². The van der Waals surface area contributed by atoms with E-state index in [0.29, 0.717) is 28.3 Å². The van der Waals surface area contributed by atoms with Gasteiger partial charge in [0.05, 0.1) is 7.11 Å². The number of benzene rings is 3. The van der Waals surface area contributed by atoms with Crippen molar-refractivity contribution in [3.8, 4) is 16.9 Å². The van der Waals surface area contributed by atoms with Gasteiger partial charge in [-0.1, -0.05) is 30.3 Å². The lowest BCUT2D eigenvalue weighted by Crippen LogP contribution is -2.08. The zero-order chi connectivity index (χ0) is 18.0. The van der Waals surface area contributed by atoms with E-state index in [2.05, 4.69) is 0 Å². The Hall–Kier alpha value is -3.27. The van der Waals surface area contributed by atoms with Gasteiger partial charge in [-0.25, -0.2) is 0 Å². The number of methoxy groups -OCH3 is 1. The van der Waals surface area contributed by atoms with Crippen LogP contribution in [0.1, 0.15) is 21.5 Å². The number of nitrogens with two attached hydrogens (primary N) is 2. The molecule has 0 bridgehead atoms. The van der Waals surface area contributed by atoms with Crippen LogP contribution < -0.4 is 16.2 Å². The quantitative estimate of drug-likeness (QED) is 0.558. The van der Waals surface area contributed by atoms with Crippen LogP contribution in [0.4, 0.5) is 11.4 Å². The van der Waals surface area contributed by atoms with Crippen LogP contribution in [0.5, 0.6) is 5.75 Å². The number of anilines is 2. The highest BCUT2D eigenvalue weighted by atomic mass is 16.5. The van der Waals surface area contributed by atoms with Gasteiger partial charge in [0, 0.05) is 22.5 Å². The molecule has 4 N–H and O–H groups in total. The zero-order valence-corrected chi connectivity index (χ0v) is 14.2. The molecular weight excluding hydrogens is 312 g/mol. The van der Waals surface area contributed by atoms with E-state index in [1.54, 1.807) is 25.3 Å². The molecule has 0 saturated carbocycles. The Labute approximate surface area is 147 Å². The Bertz CT molecular complexity index is 931. The topological polar surface area (TPSA) is 78.3 Å². The third-order valence-corrected chi connectivity index (χ3v) is 4.29. The Morgan fingerprint density at radius 3 is 2.36 bits per heavy atom. The molecule has 126 valence electrons. The van der Waals surface area contributed by atoms with Gasteiger partial charge in [-0.15, -0.1) is 0 Å². The molecule has 4 nitrogen and oxygen atoms in total. The molecule has 4 heteroatoms. The number of hydrogen-bond acceptors (Lipinski definition) is 4. The van der Waals surface area contributed by atoms with Crippen LogP contribution in [0.25, 0.3) is 11.1 Å². The molecule has 0 heterocycles. The fourth-order valence-corrected chi connectivity index (χ4v) is 2.83. The summed E-state index contributed by atoms with van der Waals surface area (Å²) in [6.07, 6.45) is 0. The molecule has 0 aliphatic rings. The Balaban J connectivity index is 2.18. The lowest BCUT2D eigenvalue weighted by molar-refractivity contribution is 0.103. The second kappa shape index (κ2) is 6.69. The largest absolute Gasteiger partial charge is 0.497 e. The van der Waals surface area contributed by atoms with Gasteiger partial charge in [0.1, 0.15) is 5.75 Å². The van der Waals surface area contributed by atoms with Crippen molar-refractivity contribution in [1.29, 1.82) is 0 Å². The molecule has 3 aromatic rings. The summed E-state index contributed by atoms with van der Waals surface area (Å²) in [4.78, 5) is 13.2. The van der Waals surface area contributed by atoms with Crippen LogP contribution in [0.3, 0.4) is 0 Å². The number of nitrogen functional groups attached to an aromatic ring is 2. The first-order valence-electron chi connectivity index (χ1n) is 7.95. The molecule has 0 aliphatic heterocycles. The lowest BCUT2D eigenvalue weighted by Gasteiger charge is -2.15. The smallest absolute Gasteiger partial charge is 0.194 e. The SMILES string of the molecule is COc1cccc(C(=O)c2c(-c3ccc(N)cc3)ccc(N)c2C)c1. The van der Waals surface area contributed by atoms with Gasteiger partial charge in [0.25, 0.3) is 0 Å². The molecule has 0 aliphatic carbocycles. The number of ketones is 1. The minimum Gasteiger partial charge on any atom is -0.497 e. The average molecular weight is 332 g/mol. The second-order valence-corrected chi connectivity index (χ2v) is 5.89. The Morgan fingerprint density at radius 2 is 1.68 bits per heavy atom. The number of ether oxygens (including phenoxy) is 1. The molecule has 0 fully saturated rings. The third kappa shape index (κ3) is 3.19. The van der Waals surface area contributed by atoms with E-state index in [1.807, 2.05) is 49.4 Å². The third-order valence-electron chi connectivity index (χ3n) is 4.29. The number of carbonyl (C=O) groups excluding carboxylic acids is 1. The monoisotopic (exact) mass is 332 g/mol. The first-order valence-corrected chi connectivity index (χ1v) is 7.95. The summed E-state index contributed by atoms with van der Waals surface area (Å²) in [6, 6.07) is 18.3. The summed E-state index contributed by atoms with van der Waals surface area (Å²) in [5.41, 5.74) is 16.8. The van der Waals surface area contributed by atoms with Crippen molar-refractivity contribution in [3.63, 3.8) is 0 Å². The minimum absolute atomic E-state index is 0.0875. The van der Waals surface area contributed by atoms with Crippen LogP contribution in [0.15, 0.2) is 60.7 Å². The van der Waals surface area contributed by atoms with Crippen LogP contribution in [0.2, 0.25) is 0 Å². The van der Waals surface area contributed by atoms with Crippen molar-refractivity contribution in [2.75, 3.05) is 18.6 Å². The molecule has 3 rings (SSSR count). The maximum atomic E-state index is 13.2. The standard InChI is InChI=1S/C21H20N2O2/c1-13-19(23)11-10-18(14-6-8-16(22)9-7-14)20(13)21(24)15-4-3-5-17(12-15)25-2/h3-12H,22-23H2,1-2H3. The van der Waals surface area contributed by atoms with Crippen molar-refractivity contribution in [3.05, 3.63) is 77.4 Å². The lowest BCUT2D eigenvalue weighted by atomic mass is 9.89. The maximum absolute atomic E-state index is 13.2. The van der Waals surface area contributed by atoms with E-state index in [9.17, 15) is 4.79 Å². The molecule has 0 spiro atoms. The number of hydrogen-bond donors (Lipinski definition) is 2. The number of rotatable bonds is 4. The molecule has 25 heavy (non-hydrogen) atoms.